The van der Waals surface area contributed by atoms with E-state index in [-0.39, 0.29) is 34.7 Å². The van der Waals surface area contributed by atoms with Gasteiger partial charge in [0.15, 0.2) is 17.5 Å². The molecule has 0 aliphatic heterocycles. The summed E-state index contributed by atoms with van der Waals surface area (Å²) in [6.07, 6.45) is 1.75. The number of nitrogens with one attached hydrogen (secondary N) is 3. The summed E-state index contributed by atoms with van der Waals surface area (Å²) in [5.74, 6) is -2.94. The van der Waals surface area contributed by atoms with Gasteiger partial charge in [-0.25, -0.2) is 23.5 Å². The summed E-state index contributed by atoms with van der Waals surface area (Å²) in [6.45, 7) is 1.66. The molecule has 10 nitrogen and oxygen atoms in total. The first-order valence-corrected chi connectivity index (χ1v) is 9.42. The second kappa shape index (κ2) is 8.98. The van der Waals surface area contributed by atoms with Gasteiger partial charge in [0.1, 0.15) is 5.82 Å². The summed E-state index contributed by atoms with van der Waals surface area (Å²) in [5.41, 5.74) is 5.21. The van der Waals surface area contributed by atoms with Crippen molar-refractivity contribution in [2.24, 2.45) is 11.7 Å². The van der Waals surface area contributed by atoms with Gasteiger partial charge in [-0.1, -0.05) is 0 Å². The van der Waals surface area contributed by atoms with Crippen LogP contribution in [0.1, 0.15) is 30.1 Å². The molecule has 1 saturated carbocycles. The number of primary amides is 1. The number of aromatic nitrogens is 2. The zero-order chi connectivity index (χ0) is 22.7. The van der Waals surface area contributed by atoms with Crippen molar-refractivity contribution in [1.82, 2.24) is 15.3 Å². The van der Waals surface area contributed by atoms with Gasteiger partial charge < -0.3 is 31.5 Å². The van der Waals surface area contributed by atoms with Crippen LogP contribution >= 0.6 is 0 Å². The van der Waals surface area contributed by atoms with Crippen molar-refractivity contribution in [3.8, 4) is 5.88 Å². The van der Waals surface area contributed by atoms with Crippen LogP contribution in [0.15, 0.2) is 18.3 Å². The van der Waals surface area contributed by atoms with Crippen LogP contribution in [0.5, 0.6) is 5.88 Å². The molecule has 1 aliphatic carbocycles. The summed E-state index contributed by atoms with van der Waals surface area (Å²) in [7, 11) is 1.26. The first-order valence-electron chi connectivity index (χ1n) is 9.42. The zero-order valence-electron chi connectivity index (χ0n) is 16.8. The topological polar surface area (TPSA) is 151 Å². The zero-order valence-corrected chi connectivity index (χ0v) is 16.8. The van der Waals surface area contributed by atoms with Crippen LogP contribution in [-0.4, -0.2) is 46.3 Å². The Morgan fingerprint density at radius 1 is 1.26 bits per heavy atom. The van der Waals surface area contributed by atoms with E-state index in [1.165, 1.54) is 13.3 Å². The number of carbonyl (C=O) groups excluding carboxylic acids is 1. The highest BCUT2D eigenvalue weighted by atomic mass is 19.1. The predicted molar refractivity (Wildman–Crippen MR) is 107 cm³/mol. The number of carboxylic acid groups (broad SMARTS) is 1. The van der Waals surface area contributed by atoms with Crippen LogP contribution < -0.4 is 26.4 Å². The molecular weight excluding hydrogens is 414 g/mol. The van der Waals surface area contributed by atoms with Crippen LogP contribution in [-0.2, 0) is 0 Å². The fourth-order valence-corrected chi connectivity index (χ4v) is 3.20. The average Bonchev–Trinajstić information content (AvgIpc) is 3.52. The molecule has 3 rings (SSSR count). The number of nitrogens with zero attached hydrogens (tertiary/aromatic N) is 2. The standard InChI is InChI=1S/C19H22F2N6O4/c1-8(24-19(29)30)14(9-3-4-9)26-17-12(20)6-11(15(22)28)16(27-17)25-10-5-13(21)18(31-2)23-7-10/h5-9,14,24H,3-4H2,1-2H3,(H2,22,28)(H,29,30)(H2,25,26,27)/t8-,14+/m0/s1. The Morgan fingerprint density at radius 2 is 1.97 bits per heavy atom. The molecule has 1 fully saturated rings. The van der Waals surface area contributed by atoms with E-state index in [2.05, 4.69) is 25.9 Å². The number of pyridine rings is 2. The number of carbonyl (C=O) groups is 2. The molecule has 0 radical (unpaired) electrons. The molecule has 2 heterocycles. The monoisotopic (exact) mass is 436 g/mol. The molecule has 2 aromatic rings. The Morgan fingerprint density at radius 3 is 2.52 bits per heavy atom. The number of hydrogen-bond acceptors (Lipinski definition) is 7. The van der Waals surface area contributed by atoms with E-state index in [0.717, 1.165) is 25.0 Å². The number of amides is 2. The van der Waals surface area contributed by atoms with E-state index in [9.17, 15) is 18.4 Å². The molecule has 166 valence electrons. The lowest BCUT2D eigenvalue weighted by molar-refractivity contribution is 0.1000. The highest BCUT2D eigenvalue weighted by Crippen LogP contribution is 2.36. The van der Waals surface area contributed by atoms with Gasteiger partial charge in [-0.05, 0) is 31.7 Å². The predicted octanol–water partition coefficient (Wildman–Crippen LogP) is 2.45. The molecule has 31 heavy (non-hydrogen) atoms. The van der Waals surface area contributed by atoms with E-state index in [1.54, 1.807) is 6.92 Å². The first-order chi connectivity index (χ1) is 14.7. The molecule has 1 aliphatic rings. The van der Waals surface area contributed by atoms with Gasteiger partial charge in [-0.3, -0.25) is 4.79 Å². The summed E-state index contributed by atoms with van der Waals surface area (Å²) < 4.78 is 33.4. The van der Waals surface area contributed by atoms with Gasteiger partial charge in [-0.15, -0.1) is 0 Å². The molecule has 6 N–H and O–H groups in total. The molecule has 2 aromatic heterocycles. The van der Waals surface area contributed by atoms with Crippen LogP contribution in [0, 0.1) is 17.6 Å². The Bertz CT molecular complexity index is 1000. The van der Waals surface area contributed by atoms with Crippen molar-refractivity contribution < 1.29 is 28.2 Å². The molecule has 0 bridgehead atoms. The van der Waals surface area contributed by atoms with Crippen molar-refractivity contribution in [3.63, 3.8) is 0 Å². The minimum atomic E-state index is -1.20. The lowest BCUT2D eigenvalue weighted by Crippen LogP contribution is -2.45. The maximum absolute atomic E-state index is 14.7. The fourth-order valence-electron chi connectivity index (χ4n) is 3.20. The molecular formula is C19H22F2N6O4. The van der Waals surface area contributed by atoms with E-state index in [0.29, 0.717) is 0 Å². The van der Waals surface area contributed by atoms with Gasteiger partial charge in [-0.2, -0.15) is 0 Å². The Kier molecular flexibility index (Phi) is 6.37. The first kappa shape index (κ1) is 22.0. The van der Waals surface area contributed by atoms with E-state index < -0.39 is 35.7 Å². The SMILES string of the molecule is COc1ncc(Nc2nc(N[C@@H](C3CC3)[C@H](C)NC(=O)O)c(F)cc2C(N)=O)cc1F. The van der Waals surface area contributed by atoms with E-state index in [1.807, 2.05) is 0 Å². The Labute approximate surface area is 176 Å². The summed E-state index contributed by atoms with van der Waals surface area (Å²) in [5, 5.41) is 17.0. The minimum Gasteiger partial charge on any atom is -0.479 e. The van der Waals surface area contributed by atoms with Crippen LogP contribution in [0.3, 0.4) is 0 Å². The fraction of sp³-hybridized carbons (Fsp3) is 0.368. The van der Waals surface area contributed by atoms with Crippen LogP contribution in [0.2, 0.25) is 0 Å². The lowest BCUT2D eigenvalue weighted by Gasteiger charge is -2.26. The van der Waals surface area contributed by atoms with Crippen LogP contribution in [0.4, 0.5) is 30.9 Å². The minimum absolute atomic E-state index is 0.115. The molecule has 12 heteroatoms. The quantitative estimate of drug-likeness (QED) is 0.402. The van der Waals surface area contributed by atoms with Crippen molar-refractivity contribution in [2.45, 2.75) is 31.8 Å². The second-order valence-corrected chi connectivity index (χ2v) is 7.17. The van der Waals surface area contributed by atoms with Crippen molar-refractivity contribution in [3.05, 3.63) is 35.5 Å². The number of anilines is 3. The van der Waals surface area contributed by atoms with E-state index >= 15 is 0 Å². The van der Waals surface area contributed by atoms with Crippen LogP contribution in [0.25, 0.3) is 0 Å². The number of rotatable bonds is 9. The third kappa shape index (κ3) is 5.27. The van der Waals surface area contributed by atoms with Crippen molar-refractivity contribution in [1.29, 1.82) is 0 Å². The summed E-state index contributed by atoms with van der Waals surface area (Å²) >= 11 is 0. The molecule has 0 saturated heterocycles. The van der Waals surface area contributed by atoms with Gasteiger partial charge in [0.25, 0.3) is 5.91 Å². The second-order valence-electron chi connectivity index (χ2n) is 7.17. The summed E-state index contributed by atoms with van der Waals surface area (Å²) in [4.78, 5) is 30.7. The molecule has 2 amide bonds. The lowest BCUT2D eigenvalue weighted by atomic mass is 10.0. The van der Waals surface area contributed by atoms with Gasteiger partial charge >= 0.3 is 6.09 Å². The number of methoxy groups -OCH3 is 1. The maximum atomic E-state index is 14.7. The normalized spacial score (nSPS) is 15.0. The summed E-state index contributed by atoms with van der Waals surface area (Å²) in [6, 6.07) is 1.02. The molecule has 0 aromatic carbocycles. The van der Waals surface area contributed by atoms with E-state index in [4.69, 9.17) is 15.6 Å². The molecule has 0 spiro atoms. The number of halogens is 2. The Balaban J connectivity index is 1.92. The highest BCUT2D eigenvalue weighted by Gasteiger charge is 2.36. The maximum Gasteiger partial charge on any atom is 0.404 e. The largest absolute Gasteiger partial charge is 0.479 e. The third-order valence-electron chi connectivity index (χ3n) is 4.83. The average molecular weight is 436 g/mol. The van der Waals surface area contributed by atoms with Gasteiger partial charge in [0.05, 0.1) is 30.6 Å². The van der Waals surface area contributed by atoms with Crippen molar-refractivity contribution >= 4 is 29.3 Å². The molecule has 2 atom stereocenters. The molecule has 0 unspecified atom stereocenters. The number of ether oxygens (including phenoxy) is 1. The smallest absolute Gasteiger partial charge is 0.404 e. The third-order valence-corrected chi connectivity index (χ3v) is 4.83. The van der Waals surface area contributed by atoms with Crippen molar-refractivity contribution in [2.75, 3.05) is 17.7 Å². The Hall–Kier alpha value is -3.70. The highest BCUT2D eigenvalue weighted by molar-refractivity contribution is 5.98. The number of hydrogen-bond donors (Lipinski definition) is 5. The van der Waals surface area contributed by atoms with Gasteiger partial charge in [0, 0.05) is 12.1 Å². The van der Waals surface area contributed by atoms with Gasteiger partial charge in [0.2, 0.25) is 5.88 Å². The number of nitrogens with two attached hydrogens (primary N) is 1.